The van der Waals surface area contributed by atoms with Gasteiger partial charge in [0, 0.05) is 0 Å². The van der Waals surface area contributed by atoms with Gasteiger partial charge in [-0.3, -0.25) is 0 Å². The first kappa shape index (κ1) is 26.7. The molecule has 198 valence electrons. The molecule has 0 nitrogen and oxygen atoms in total. The van der Waals surface area contributed by atoms with Crippen molar-refractivity contribution in [1.82, 2.24) is 0 Å². The van der Waals surface area contributed by atoms with Crippen molar-refractivity contribution < 1.29 is 8.78 Å². The van der Waals surface area contributed by atoms with Crippen LogP contribution in [0.15, 0.2) is 152 Å². The molecule has 0 spiro atoms. The molecule has 0 fully saturated rings. The van der Waals surface area contributed by atoms with Crippen LogP contribution in [-0.4, -0.2) is 44.0 Å². The van der Waals surface area contributed by atoms with Gasteiger partial charge in [-0.2, -0.15) is 0 Å². The fourth-order valence-electron chi connectivity index (χ4n) is 5.56. The van der Waals surface area contributed by atoms with E-state index in [1.807, 2.05) is 24.3 Å². The van der Waals surface area contributed by atoms with Crippen molar-refractivity contribution in [2.24, 2.45) is 0 Å². The van der Waals surface area contributed by atoms with Gasteiger partial charge in [0.05, 0.1) is 0 Å². The fraction of sp³-hybridized carbons (Fsp3) is 0. The Morgan fingerprint density at radius 1 is 0.268 bits per heavy atom. The van der Waals surface area contributed by atoms with E-state index in [1.54, 1.807) is 24.3 Å². The number of halogens is 2. The van der Waals surface area contributed by atoms with E-state index in [0.29, 0.717) is 0 Å². The standard InChI is InChI=1S/C36H25As3F2/c40-35-24-12-10-22-33(35)38-29-18-6-4-16-27(29)37(26-14-2-1-3-15-26)28-17-5-7-19-30(28)39(32-21-9-8-20-31(32)38)34-23-11-13-25-36(34)41/h1-25H. The summed E-state index contributed by atoms with van der Waals surface area (Å²) in [5.74, 6) is -0.310. The van der Waals surface area contributed by atoms with Gasteiger partial charge >= 0.3 is 255 Å². The molecule has 0 radical (unpaired) electrons. The first-order valence-corrected chi connectivity index (χ1v) is 21.9. The summed E-state index contributed by atoms with van der Waals surface area (Å²) in [6.45, 7) is 0. The van der Waals surface area contributed by atoms with Crippen LogP contribution in [-0.2, 0) is 0 Å². The number of rotatable bonds is 3. The summed E-state index contributed by atoms with van der Waals surface area (Å²) >= 11 is -6.97. The number of hydrogen-bond acceptors (Lipinski definition) is 0. The molecule has 0 N–H and O–H groups in total. The molecule has 7 rings (SSSR count). The van der Waals surface area contributed by atoms with Crippen molar-refractivity contribution in [2.75, 3.05) is 0 Å². The molecule has 41 heavy (non-hydrogen) atoms. The van der Waals surface area contributed by atoms with Crippen LogP contribution < -0.4 is 39.2 Å². The molecule has 2 unspecified atom stereocenters. The van der Waals surface area contributed by atoms with E-state index in [4.69, 9.17) is 0 Å². The number of hydrogen-bond donors (Lipinski definition) is 0. The van der Waals surface area contributed by atoms with Crippen molar-refractivity contribution >= 4 is 83.1 Å². The van der Waals surface area contributed by atoms with Crippen LogP contribution in [0, 0.1) is 11.6 Å². The van der Waals surface area contributed by atoms with Gasteiger partial charge in [-0.05, 0) is 0 Å². The molecule has 0 amide bonds. The van der Waals surface area contributed by atoms with Crippen molar-refractivity contribution in [1.29, 1.82) is 0 Å². The first-order valence-electron chi connectivity index (χ1n) is 13.4. The third kappa shape index (κ3) is 4.87. The van der Waals surface area contributed by atoms with Crippen molar-refractivity contribution in [3.05, 3.63) is 163 Å². The summed E-state index contributed by atoms with van der Waals surface area (Å²) in [6, 6.07) is 51.5. The quantitative estimate of drug-likeness (QED) is 0.245. The van der Waals surface area contributed by atoms with Crippen LogP contribution in [0.1, 0.15) is 0 Å². The van der Waals surface area contributed by atoms with Crippen molar-refractivity contribution in [2.45, 2.75) is 0 Å². The molecule has 0 bridgehead atoms. The molecule has 5 heteroatoms. The van der Waals surface area contributed by atoms with Gasteiger partial charge in [-0.25, -0.2) is 0 Å². The summed E-state index contributed by atoms with van der Waals surface area (Å²) in [5, 5.41) is 0. The minimum atomic E-state index is -2.42. The Bertz CT molecular complexity index is 1740. The summed E-state index contributed by atoms with van der Waals surface area (Å²) in [7, 11) is 0. The van der Waals surface area contributed by atoms with Gasteiger partial charge < -0.3 is 0 Å². The van der Waals surface area contributed by atoms with Gasteiger partial charge in [-0.1, -0.05) is 0 Å². The Morgan fingerprint density at radius 3 is 0.878 bits per heavy atom. The fourth-order valence-corrected chi connectivity index (χ4v) is 27.0. The van der Waals surface area contributed by atoms with Gasteiger partial charge in [0.1, 0.15) is 0 Å². The molecule has 6 aromatic rings. The number of fused-ring (bicyclic) bond motifs is 3. The Labute approximate surface area is 253 Å². The van der Waals surface area contributed by atoms with Crippen LogP contribution in [0.25, 0.3) is 0 Å². The monoisotopic (exact) mass is 720 g/mol. The van der Waals surface area contributed by atoms with E-state index in [2.05, 4.69) is 103 Å². The molecule has 2 atom stereocenters. The van der Waals surface area contributed by atoms with Gasteiger partial charge in [0.15, 0.2) is 0 Å². The SMILES string of the molecule is Fc1ccccc1[As]1c2ccccc2[As](c2ccccc2)c2ccccc2[As](c2ccccc2F)c2ccccc21. The Kier molecular flexibility index (Phi) is 7.58. The van der Waals surface area contributed by atoms with Crippen LogP contribution in [0.2, 0.25) is 0 Å². The Balaban J connectivity index is 1.67. The molecule has 0 aliphatic carbocycles. The third-order valence-electron chi connectivity index (χ3n) is 7.29. The van der Waals surface area contributed by atoms with E-state index < -0.39 is 44.0 Å². The average Bonchev–Trinajstić information content (AvgIpc) is 3.06. The summed E-state index contributed by atoms with van der Waals surface area (Å²) in [4.78, 5) is 0. The van der Waals surface area contributed by atoms with E-state index in [-0.39, 0.29) is 11.6 Å². The first-order chi connectivity index (χ1) is 20.2. The molecule has 1 aliphatic rings. The molecule has 6 aromatic carbocycles. The van der Waals surface area contributed by atoms with Gasteiger partial charge in [0.25, 0.3) is 0 Å². The Hall–Kier alpha value is -3.14. The molecule has 0 saturated heterocycles. The topological polar surface area (TPSA) is 0 Å². The zero-order valence-corrected chi connectivity index (χ0v) is 27.7. The normalized spacial score (nSPS) is 17.8. The van der Waals surface area contributed by atoms with Crippen LogP contribution >= 0.6 is 0 Å². The molecular formula is C36H25As3F2. The summed E-state index contributed by atoms with van der Waals surface area (Å²) in [5.41, 5.74) is 0. The summed E-state index contributed by atoms with van der Waals surface area (Å²) < 4.78 is 42.3. The molecule has 0 aromatic heterocycles. The van der Waals surface area contributed by atoms with E-state index in [0.717, 1.165) is 8.70 Å². The van der Waals surface area contributed by atoms with E-state index in [9.17, 15) is 0 Å². The molecular weight excluding hydrogens is 695 g/mol. The summed E-state index contributed by atoms with van der Waals surface area (Å²) in [6.07, 6.45) is 0. The minimum absolute atomic E-state index is 0.155. The second-order valence-electron chi connectivity index (χ2n) is 9.71. The van der Waals surface area contributed by atoms with E-state index >= 15 is 8.78 Å². The third-order valence-corrected chi connectivity index (χ3v) is 26.0. The second kappa shape index (κ2) is 11.6. The predicted molar refractivity (Wildman–Crippen MR) is 173 cm³/mol. The maximum absolute atomic E-state index is 15.9. The maximum atomic E-state index is 15.9. The zero-order chi connectivity index (χ0) is 27.8. The zero-order valence-electron chi connectivity index (χ0n) is 22.0. The number of benzene rings is 6. The van der Waals surface area contributed by atoms with Gasteiger partial charge in [0.2, 0.25) is 0 Å². The second-order valence-corrected chi connectivity index (χ2v) is 23.1. The predicted octanol–water partition coefficient (Wildman–Crippen LogP) is 1.83. The molecule has 1 aliphatic heterocycles. The molecule has 1 heterocycles. The van der Waals surface area contributed by atoms with E-state index in [1.165, 1.54) is 30.5 Å². The molecule has 0 saturated carbocycles. The van der Waals surface area contributed by atoms with Crippen LogP contribution in [0.4, 0.5) is 8.78 Å². The van der Waals surface area contributed by atoms with Crippen molar-refractivity contribution in [3.8, 4) is 0 Å². The van der Waals surface area contributed by atoms with Crippen LogP contribution in [0.5, 0.6) is 0 Å². The Morgan fingerprint density at radius 2 is 0.537 bits per heavy atom. The van der Waals surface area contributed by atoms with Gasteiger partial charge in [-0.15, -0.1) is 0 Å². The average molecular weight is 720 g/mol. The van der Waals surface area contributed by atoms with Crippen molar-refractivity contribution in [3.63, 3.8) is 0 Å². The van der Waals surface area contributed by atoms with Crippen LogP contribution in [0.3, 0.4) is 0 Å².